The van der Waals surface area contributed by atoms with Gasteiger partial charge in [-0.05, 0) is 47.9 Å². The molecule has 1 atom stereocenters. The summed E-state index contributed by atoms with van der Waals surface area (Å²) in [5.74, 6) is 3.03. The fraction of sp³-hybridized carbons (Fsp3) is 0.400. The largest absolute Gasteiger partial charge is 0.493 e. The quantitative estimate of drug-likeness (QED) is 0.420. The van der Waals surface area contributed by atoms with Gasteiger partial charge in [0.05, 0.1) is 48.5 Å². The van der Waals surface area contributed by atoms with E-state index in [-0.39, 0.29) is 18.4 Å². The van der Waals surface area contributed by atoms with Crippen molar-refractivity contribution in [2.24, 2.45) is 0 Å². The van der Waals surface area contributed by atoms with Crippen LogP contribution in [-0.2, 0) is 22.5 Å². The zero-order chi connectivity index (χ0) is 24.9. The van der Waals surface area contributed by atoms with Crippen LogP contribution in [0.5, 0.6) is 23.0 Å². The van der Waals surface area contributed by atoms with Crippen molar-refractivity contribution in [3.05, 3.63) is 47.3 Å². The van der Waals surface area contributed by atoms with E-state index in [1.54, 1.807) is 40.6 Å². The zero-order valence-electron chi connectivity index (χ0n) is 20.5. The highest BCUT2D eigenvalue weighted by Gasteiger charge is 2.32. The molecule has 0 N–H and O–H groups in total. The smallest absolute Gasteiger partial charge is 0.307 e. The molecule has 0 radical (unpaired) electrons. The molecular formula is C25H29N3O7. The van der Waals surface area contributed by atoms with E-state index in [0.717, 1.165) is 23.1 Å². The molecule has 0 saturated heterocycles. The van der Waals surface area contributed by atoms with E-state index in [9.17, 15) is 4.79 Å². The van der Waals surface area contributed by atoms with Gasteiger partial charge in [0.2, 0.25) is 11.7 Å². The number of nitrogens with zero attached hydrogens (tertiary/aromatic N) is 3. The molecule has 1 aromatic heterocycles. The highest BCUT2D eigenvalue weighted by molar-refractivity contribution is 5.70. The summed E-state index contributed by atoms with van der Waals surface area (Å²) in [5, 5.41) is 4.14. The lowest BCUT2D eigenvalue weighted by Crippen LogP contribution is -2.36. The van der Waals surface area contributed by atoms with Crippen LogP contribution in [0, 0.1) is 0 Å². The van der Waals surface area contributed by atoms with E-state index in [2.05, 4.69) is 15.0 Å². The van der Waals surface area contributed by atoms with Gasteiger partial charge in [0.1, 0.15) is 0 Å². The van der Waals surface area contributed by atoms with Crippen molar-refractivity contribution in [1.82, 2.24) is 15.0 Å². The van der Waals surface area contributed by atoms with Crippen LogP contribution >= 0.6 is 0 Å². The van der Waals surface area contributed by atoms with E-state index < -0.39 is 0 Å². The van der Waals surface area contributed by atoms with Crippen molar-refractivity contribution in [1.29, 1.82) is 0 Å². The molecule has 186 valence electrons. The van der Waals surface area contributed by atoms with Gasteiger partial charge >= 0.3 is 5.97 Å². The molecule has 2 aromatic carbocycles. The first-order chi connectivity index (χ1) is 17.0. The van der Waals surface area contributed by atoms with E-state index >= 15 is 0 Å². The first-order valence-corrected chi connectivity index (χ1v) is 11.1. The Morgan fingerprint density at radius 2 is 1.66 bits per heavy atom. The molecule has 1 aliphatic heterocycles. The number of hydrogen-bond acceptors (Lipinski definition) is 10. The fourth-order valence-electron chi connectivity index (χ4n) is 4.34. The van der Waals surface area contributed by atoms with Crippen molar-refractivity contribution in [2.75, 3.05) is 42.1 Å². The molecule has 1 unspecified atom stereocenters. The predicted molar refractivity (Wildman–Crippen MR) is 126 cm³/mol. The average molecular weight is 484 g/mol. The Morgan fingerprint density at radius 1 is 0.971 bits per heavy atom. The van der Waals surface area contributed by atoms with Crippen molar-refractivity contribution in [3.63, 3.8) is 0 Å². The minimum absolute atomic E-state index is 0.176. The van der Waals surface area contributed by atoms with Crippen LogP contribution in [0.2, 0.25) is 0 Å². The molecule has 10 nitrogen and oxygen atoms in total. The minimum atomic E-state index is -0.306. The second-order valence-corrected chi connectivity index (χ2v) is 8.00. The number of benzene rings is 2. The number of carbonyl (C=O) groups excluding carboxylic acids is 1. The Morgan fingerprint density at radius 3 is 2.34 bits per heavy atom. The lowest BCUT2D eigenvalue weighted by atomic mass is 9.90. The van der Waals surface area contributed by atoms with Gasteiger partial charge in [0.25, 0.3) is 0 Å². The highest BCUT2D eigenvalue weighted by atomic mass is 16.5. The third-order valence-electron chi connectivity index (χ3n) is 6.15. The Kier molecular flexibility index (Phi) is 7.40. The van der Waals surface area contributed by atoms with Gasteiger partial charge in [-0.25, -0.2) is 0 Å². The summed E-state index contributed by atoms with van der Waals surface area (Å²) in [6.45, 7) is 1.06. The molecule has 2 heterocycles. The third-order valence-corrected chi connectivity index (χ3v) is 6.15. The summed E-state index contributed by atoms with van der Waals surface area (Å²) in [7, 11) is 7.74. The lowest BCUT2D eigenvalue weighted by molar-refractivity contribution is -0.142. The van der Waals surface area contributed by atoms with Gasteiger partial charge in [-0.3, -0.25) is 9.69 Å². The minimum Gasteiger partial charge on any atom is -0.493 e. The summed E-state index contributed by atoms with van der Waals surface area (Å²) in [6.07, 6.45) is 0.944. The van der Waals surface area contributed by atoms with Crippen LogP contribution in [0.4, 0.5) is 0 Å². The molecule has 0 spiro atoms. The van der Waals surface area contributed by atoms with E-state index in [4.69, 9.17) is 28.2 Å². The first-order valence-electron chi connectivity index (χ1n) is 11.1. The lowest BCUT2D eigenvalue weighted by Gasteiger charge is -2.36. The van der Waals surface area contributed by atoms with Crippen molar-refractivity contribution in [3.8, 4) is 34.4 Å². The monoisotopic (exact) mass is 483 g/mol. The van der Waals surface area contributed by atoms with Gasteiger partial charge in [-0.1, -0.05) is 5.16 Å². The Balaban J connectivity index is 1.61. The fourth-order valence-corrected chi connectivity index (χ4v) is 4.34. The maximum atomic E-state index is 12.3. The summed E-state index contributed by atoms with van der Waals surface area (Å²) in [5.41, 5.74) is 2.83. The van der Waals surface area contributed by atoms with E-state index in [0.29, 0.717) is 47.8 Å². The molecule has 0 amide bonds. The van der Waals surface area contributed by atoms with Crippen molar-refractivity contribution < 1.29 is 33.0 Å². The molecule has 3 aromatic rings. The van der Waals surface area contributed by atoms with Crippen molar-refractivity contribution >= 4 is 5.97 Å². The number of esters is 1. The molecular weight excluding hydrogens is 454 g/mol. The topological polar surface area (TPSA) is 105 Å². The van der Waals surface area contributed by atoms with Gasteiger partial charge < -0.3 is 28.2 Å². The van der Waals surface area contributed by atoms with Crippen LogP contribution in [0.1, 0.15) is 29.5 Å². The summed E-state index contributed by atoms with van der Waals surface area (Å²) in [4.78, 5) is 19.0. The van der Waals surface area contributed by atoms with E-state index in [1.165, 1.54) is 7.11 Å². The first kappa shape index (κ1) is 24.3. The number of fused-ring (bicyclic) bond motifs is 1. The number of carbonyl (C=O) groups is 1. The maximum absolute atomic E-state index is 12.3. The van der Waals surface area contributed by atoms with Gasteiger partial charge in [-0.2, -0.15) is 4.98 Å². The molecule has 35 heavy (non-hydrogen) atoms. The Bertz CT molecular complexity index is 1190. The third kappa shape index (κ3) is 5.02. The number of rotatable bonds is 9. The molecule has 10 heteroatoms. The average Bonchev–Trinajstić information content (AvgIpc) is 3.37. The van der Waals surface area contributed by atoms with Crippen LogP contribution in [0.3, 0.4) is 0 Å². The van der Waals surface area contributed by atoms with Crippen molar-refractivity contribution in [2.45, 2.75) is 25.4 Å². The highest BCUT2D eigenvalue weighted by Crippen LogP contribution is 2.40. The predicted octanol–water partition coefficient (Wildman–Crippen LogP) is 3.43. The number of hydrogen-bond donors (Lipinski definition) is 0. The maximum Gasteiger partial charge on any atom is 0.307 e. The summed E-state index contributed by atoms with van der Waals surface area (Å²) >= 11 is 0. The number of aromatic nitrogens is 2. The Hall–Kier alpha value is -3.79. The van der Waals surface area contributed by atoms with Crippen LogP contribution in [-0.4, -0.2) is 63.1 Å². The van der Waals surface area contributed by atoms with Gasteiger partial charge in [0.15, 0.2) is 23.0 Å². The molecule has 0 bridgehead atoms. The summed E-state index contributed by atoms with van der Waals surface area (Å²) < 4.78 is 32.2. The van der Waals surface area contributed by atoms with Gasteiger partial charge in [-0.15, -0.1) is 0 Å². The normalized spacial score (nSPS) is 15.3. The molecule has 0 aliphatic carbocycles. The molecule has 0 fully saturated rings. The molecule has 0 saturated carbocycles. The van der Waals surface area contributed by atoms with Gasteiger partial charge in [0, 0.05) is 18.2 Å². The van der Waals surface area contributed by atoms with Crippen LogP contribution in [0.25, 0.3) is 11.4 Å². The van der Waals surface area contributed by atoms with E-state index in [1.807, 2.05) is 18.2 Å². The molecule has 1 aliphatic rings. The standard InChI is InChI=1S/C25H29N3O7/c1-30-19-7-6-16(11-20(19)31-2)25-26-23(35-27-25)14-28-9-8-15-10-21(32-3)22(33-4)12-17(15)18(28)13-24(29)34-5/h6-7,10-12,18H,8-9,13-14H2,1-5H3. The summed E-state index contributed by atoms with van der Waals surface area (Å²) in [6, 6.07) is 9.08. The molecule has 4 rings (SSSR count). The number of methoxy groups -OCH3 is 5. The Labute approximate surface area is 203 Å². The zero-order valence-corrected chi connectivity index (χ0v) is 20.5. The second kappa shape index (κ2) is 10.6. The number of ether oxygens (including phenoxy) is 5. The van der Waals surface area contributed by atoms with Crippen LogP contribution in [0.15, 0.2) is 34.9 Å². The SMILES string of the molecule is COC(=O)CC1c2cc(OC)c(OC)cc2CCN1Cc1nc(-c2ccc(OC)c(OC)c2)no1. The second-order valence-electron chi connectivity index (χ2n) is 8.00. The van der Waals surface area contributed by atoms with Crippen LogP contribution < -0.4 is 18.9 Å².